The highest BCUT2D eigenvalue weighted by atomic mass is 16.4. The number of benzene rings is 2. The number of aryl methyl sites for hydroxylation is 1. The van der Waals surface area contributed by atoms with E-state index >= 15 is 0 Å². The molecule has 0 unspecified atom stereocenters. The van der Waals surface area contributed by atoms with E-state index in [1.165, 1.54) is 18.4 Å². The summed E-state index contributed by atoms with van der Waals surface area (Å²) >= 11 is 0. The van der Waals surface area contributed by atoms with Gasteiger partial charge in [-0.2, -0.15) is 0 Å². The van der Waals surface area contributed by atoms with Crippen LogP contribution in [0, 0.1) is 6.92 Å². The summed E-state index contributed by atoms with van der Waals surface area (Å²) in [5.74, 6) is 1.92. The van der Waals surface area contributed by atoms with Gasteiger partial charge in [0.15, 0.2) is 5.76 Å². The fraction of sp³-hybridized carbons (Fsp3) is 0.222. The first-order valence-corrected chi connectivity index (χ1v) is 11.3. The van der Waals surface area contributed by atoms with Crippen molar-refractivity contribution in [1.29, 1.82) is 0 Å². The molecule has 166 valence electrons. The molecule has 1 saturated heterocycles. The summed E-state index contributed by atoms with van der Waals surface area (Å²) in [5.41, 5.74) is 4.28. The van der Waals surface area contributed by atoms with Crippen LogP contribution in [0.15, 0.2) is 77.5 Å². The molecule has 3 heterocycles. The number of nitrogens with one attached hydrogen (secondary N) is 1. The highest BCUT2D eigenvalue weighted by Gasteiger charge is 2.17. The van der Waals surface area contributed by atoms with Crippen molar-refractivity contribution in [3.05, 3.63) is 89.7 Å². The minimum absolute atomic E-state index is 0.177. The number of anilines is 1. The van der Waals surface area contributed by atoms with Crippen LogP contribution in [0.25, 0.3) is 22.8 Å². The highest BCUT2D eigenvalue weighted by molar-refractivity contribution is 6.00. The van der Waals surface area contributed by atoms with Crippen LogP contribution in [0.5, 0.6) is 0 Å². The molecule has 1 aliphatic rings. The van der Waals surface area contributed by atoms with Gasteiger partial charge >= 0.3 is 0 Å². The molecule has 0 radical (unpaired) electrons. The first-order valence-electron chi connectivity index (χ1n) is 11.3. The molecule has 2 aromatic carbocycles. The van der Waals surface area contributed by atoms with Crippen molar-refractivity contribution in [2.24, 2.45) is 0 Å². The summed E-state index contributed by atoms with van der Waals surface area (Å²) in [6, 6.07) is 19.5. The number of hydrogen-bond acceptors (Lipinski definition) is 5. The van der Waals surface area contributed by atoms with E-state index in [0.717, 1.165) is 30.0 Å². The van der Waals surface area contributed by atoms with Crippen LogP contribution < -0.4 is 10.2 Å². The molecular weight excluding hydrogens is 412 g/mol. The maximum absolute atomic E-state index is 13.0. The van der Waals surface area contributed by atoms with Crippen molar-refractivity contribution in [1.82, 2.24) is 15.3 Å². The number of carbonyl (C=O) groups excluding carboxylic acids is 1. The first kappa shape index (κ1) is 20.9. The van der Waals surface area contributed by atoms with E-state index in [2.05, 4.69) is 20.2 Å². The topological polar surface area (TPSA) is 71.3 Å². The van der Waals surface area contributed by atoms with Gasteiger partial charge in [0.2, 0.25) is 5.89 Å². The molecular formula is C27H26N4O2. The molecule has 1 amide bonds. The number of nitrogens with zero attached hydrogens (tertiary/aromatic N) is 3. The van der Waals surface area contributed by atoms with E-state index < -0.39 is 0 Å². The average molecular weight is 439 g/mol. The lowest BCUT2D eigenvalue weighted by atomic mass is 10.1. The summed E-state index contributed by atoms with van der Waals surface area (Å²) in [7, 11) is 0. The maximum atomic E-state index is 13.0. The Balaban J connectivity index is 1.29. The van der Waals surface area contributed by atoms with Crippen LogP contribution >= 0.6 is 0 Å². The van der Waals surface area contributed by atoms with Crippen LogP contribution in [0.2, 0.25) is 0 Å². The maximum Gasteiger partial charge on any atom is 0.252 e. The highest BCUT2D eigenvalue weighted by Crippen LogP contribution is 2.28. The van der Waals surface area contributed by atoms with Gasteiger partial charge in [-0.3, -0.25) is 4.79 Å². The quantitative estimate of drug-likeness (QED) is 0.446. The van der Waals surface area contributed by atoms with Crippen LogP contribution in [0.4, 0.5) is 5.82 Å². The summed E-state index contributed by atoms with van der Waals surface area (Å²) < 4.78 is 6.01. The van der Waals surface area contributed by atoms with Gasteiger partial charge in [0, 0.05) is 37.0 Å². The largest absolute Gasteiger partial charge is 0.436 e. The van der Waals surface area contributed by atoms with E-state index in [9.17, 15) is 4.79 Å². The Morgan fingerprint density at radius 1 is 0.970 bits per heavy atom. The van der Waals surface area contributed by atoms with Gasteiger partial charge in [0.1, 0.15) is 5.82 Å². The molecule has 4 aromatic rings. The van der Waals surface area contributed by atoms with Gasteiger partial charge in [0.25, 0.3) is 5.91 Å². The molecule has 6 heteroatoms. The van der Waals surface area contributed by atoms with Crippen molar-refractivity contribution in [2.45, 2.75) is 26.3 Å². The van der Waals surface area contributed by atoms with E-state index in [0.29, 0.717) is 29.3 Å². The minimum Gasteiger partial charge on any atom is -0.436 e. The molecule has 0 bridgehead atoms. The zero-order chi connectivity index (χ0) is 22.6. The van der Waals surface area contributed by atoms with E-state index in [1.807, 2.05) is 67.7 Å². The van der Waals surface area contributed by atoms with Crippen molar-refractivity contribution in [3.8, 4) is 22.8 Å². The molecule has 1 fully saturated rings. The molecule has 0 saturated carbocycles. The number of hydrogen-bond donors (Lipinski definition) is 1. The van der Waals surface area contributed by atoms with Gasteiger partial charge in [0.05, 0.1) is 11.8 Å². The van der Waals surface area contributed by atoms with Gasteiger partial charge in [-0.15, -0.1) is 0 Å². The third-order valence-electron chi connectivity index (χ3n) is 5.94. The van der Waals surface area contributed by atoms with E-state index in [-0.39, 0.29) is 5.91 Å². The van der Waals surface area contributed by atoms with Gasteiger partial charge < -0.3 is 14.6 Å². The number of amides is 1. The van der Waals surface area contributed by atoms with Gasteiger partial charge in [-0.05, 0) is 43.5 Å². The predicted molar refractivity (Wildman–Crippen MR) is 129 cm³/mol. The second kappa shape index (κ2) is 9.28. The number of aromatic nitrogens is 2. The predicted octanol–water partition coefficient (Wildman–Crippen LogP) is 5.24. The lowest BCUT2D eigenvalue weighted by Gasteiger charge is -2.16. The fourth-order valence-corrected chi connectivity index (χ4v) is 4.05. The fourth-order valence-electron chi connectivity index (χ4n) is 4.05. The SMILES string of the molecule is Cc1ccc(-c2cnc(-c3ccccc3C(=O)NCc3ccc(N4CCCC4)nc3)o2)cc1. The van der Waals surface area contributed by atoms with Crippen molar-refractivity contribution < 1.29 is 9.21 Å². The smallest absolute Gasteiger partial charge is 0.252 e. The van der Waals surface area contributed by atoms with Gasteiger partial charge in [-0.1, -0.05) is 48.0 Å². The molecule has 1 N–H and O–H groups in total. The lowest BCUT2D eigenvalue weighted by Crippen LogP contribution is -2.24. The molecule has 5 rings (SSSR count). The molecule has 1 aliphatic heterocycles. The number of oxazole rings is 1. The summed E-state index contributed by atoms with van der Waals surface area (Å²) in [6.07, 6.45) is 5.97. The minimum atomic E-state index is -0.177. The molecule has 0 atom stereocenters. The third-order valence-corrected chi connectivity index (χ3v) is 5.94. The van der Waals surface area contributed by atoms with Crippen LogP contribution in [0.3, 0.4) is 0 Å². The second-order valence-electron chi connectivity index (χ2n) is 8.34. The standard InChI is InChI=1S/C27H26N4O2/c1-19-8-11-21(12-9-19)24-18-30-27(33-24)23-7-3-2-6-22(23)26(32)29-17-20-10-13-25(28-16-20)31-14-4-5-15-31/h2-3,6-13,16,18H,4-5,14-15,17H2,1H3,(H,29,32). The zero-order valence-electron chi connectivity index (χ0n) is 18.6. The molecule has 6 nitrogen and oxygen atoms in total. The van der Waals surface area contributed by atoms with Crippen molar-refractivity contribution in [2.75, 3.05) is 18.0 Å². The Kier molecular flexibility index (Phi) is 5.89. The lowest BCUT2D eigenvalue weighted by molar-refractivity contribution is 0.0951. The Bertz CT molecular complexity index is 1240. The Morgan fingerprint density at radius 2 is 1.76 bits per heavy atom. The number of rotatable bonds is 6. The van der Waals surface area contributed by atoms with Crippen LogP contribution in [0.1, 0.15) is 34.3 Å². The van der Waals surface area contributed by atoms with Crippen LogP contribution in [-0.4, -0.2) is 29.0 Å². The Labute approximate surface area is 193 Å². The Morgan fingerprint density at radius 3 is 2.52 bits per heavy atom. The zero-order valence-corrected chi connectivity index (χ0v) is 18.6. The number of carbonyl (C=O) groups is 1. The Hall–Kier alpha value is -3.93. The third kappa shape index (κ3) is 4.65. The molecule has 2 aromatic heterocycles. The second-order valence-corrected chi connectivity index (χ2v) is 8.34. The summed E-state index contributed by atoms with van der Waals surface area (Å²) in [6.45, 7) is 4.57. The normalized spacial score (nSPS) is 13.3. The summed E-state index contributed by atoms with van der Waals surface area (Å²) in [4.78, 5) is 24.3. The first-order chi connectivity index (χ1) is 16.2. The molecule has 33 heavy (non-hydrogen) atoms. The van der Waals surface area contributed by atoms with Crippen molar-refractivity contribution >= 4 is 11.7 Å². The van der Waals surface area contributed by atoms with Gasteiger partial charge in [-0.25, -0.2) is 9.97 Å². The monoisotopic (exact) mass is 438 g/mol. The van der Waals surface area contributed by atoms with E-state index in [4.69, 9.17) is 4.42 Å². The number of pyridine rings is 1. The van der Waals surface area contributed by atoms with E-state index in [1.54, 1.807) is 12.3 Å². The average Bonchev–Trinajstić information content (AvgIpc) is 3.56. The van der Waals surface area contributed by atoms with Crippen LogP contribution in [-0.2, 0) is 6.54 Å². The summed E-state index contributed by atoms with van der Waals surface area (Å²) in [5, 5.41) is 3.00. The van der Waals surface area contributed by atoms with Crippen molar-refractivity contribution in [3.63, 3.8) is 0 Å². The molecule has 0 aliphatic carbocycles. The molecule has 0 spiro atoms.